The third-order valence-electron chi connectivity index (χ3n) is 8.39. The third-order valence-corrected chi connectivity index (χ3v) is 9.37. The van der Waals surface area contributed by atoms with Crippen LogP contribution in [0.5, 0.6) is 0 Å². The number of phosphoric acid groups is 1. The van der Waals surface area contributed by atoms with E-state index in [9.17, 15) is 24.5 Å². The summed E-state index contributed by atoms with van der Waals surface area (Å²) in [5.41, 5.74) is 5.34. The Morgan fingerprint density at radius 3 is 1.74 bits per heavy atom. The van der Waals surface area contributed by atoms with Crippen molar-refractivity contribution in [3.05, 3.63) is 24.3 Å². The molecule has 47 heavy (non-hydrogen) atoms. The first kappa shape index (κ1) is 45.9. The van der Waals surface area contributed by atoms with Crippen molar-refractivity contribution in [1.82, 2.24) is 5.32 Å². The van der Waals surface area contributed by atoms with Gasteiger partial charge in [-0.25, -0.2) is 4.57 Å². The van der Waals surface area contributed by atoms with Crippen molar-refractivity contribution in [2.75, 3.05) is 19.8 Å². The number of rotatable bonds is 35. The van der Waals surface area contributed by atoms with Crippen LogP contribution in [0.25, 0.3) is 0 Å². The second-order valence-electron chi connectivity index (χ2n) is 13.0. The van der Waals surface area contributed by atoms with Crippen molar-refractivity contribution in [3.63, 3.8) is 0 Å². The third kappa shape index (κ3) is 31.9. The Hall–Kier alpha value is -1.06. The Bertz CT molecular complexity index is 812. The first-order valence-electron chi connectivity index (χ1n) is 19.0. The van der Waals surface area contributed by atoms with Crippen molar-refractivity contribution >= 4 is 13.7 Å². The molecule has 0 aliphatic rings. The number of unbranched alkanes of at least 4 members (excludes halogenated alkanes) is 18. The van der Waals surface area contributed by atoms with Crippen LogP contribution in [0.4, 0.5) is 0 Å². The molecule has 0 aromatic rings. The highest BCUT2D eigenvalue weighted by atomic mass is 31.2. The average Bonchev–Trinajstić information content (AvgIpc) is 3.04. The van der Waals surface area contributed by atoms with E-state index in [1.165, 1.54) is 89.9 Å². The summed E-state index contributed by atoms with van der Waals surface area (Å²) in [6, 6.07) is -0.894. The topological polar surface area (TPSA) is 151 Å². The van der Waals surface area contributed by atoms with E-state index < -0.39 is 32.0 Å². The lowest BCUT2D eigenvalue weighted by Gasteiger charge is -2.25. The van der Waals surface area contributed by atoms with Gasteiger partial charge < -0.3 is 26.2 Å². The molecule has 0 aliphatic heterocycles. The molecule has 0 bridgehead atoms. The van der Waals surface area contributed by atoms with Crippen molar-refractivity contribution in [1.29, 1.82) is 0 Å². The molecule has 0 fully saturated rings. The predicted molar refractivity (Wildman–Crippen MR) is 195 cm³/mol. The smallest absolute Gasteiger partial charge is 0.393 e. The first-order chi connectivity index (χ1) is 22.8. The zero-order valence-electron chi connectivity index (χ0n) is 30.1. The average molecular weight is 689 g/mol. The Balaban J connectivity index is 4.26. The fourth-order valence-electron chi connectivity index (χ4n) is 5.46. The maximum atomic E-state index is 12.7. The Kier molecular flexibility index (Phi) is 32.7. The number of amides is 1. The summed E-state index contributed by atoms with van der Waals surface area (Å²) >= 11 is 0. The van der Waals surface area contributed by atoms with E-state index in [0.717, 1.165) is 44.9 Å². The number of hydrogen-bond donors (Lipinski definition) is 5. The van der Waals surface area contributed by atoms with Gasteiger partial charge in [-0.05, 0) is 38.5 Å². The summed E-state index contributed by atoms with van der Waals surface area (Å²) in [6.07, 6.45) is 32.3. The molecular formula is C37H73N2O7P. The van der Waals surface area contributed by atoms with Crippen molar-refractivity contribution in [3.8, 4) is 0 Å². The maximum absolute atomic E-state index is 12.7. The highest BCUT2D eigenvalue weighted by Crippen LogP contribution is 2.43. The lowest BCUT2D eigenvalue weighted by molar-refractivity contribution is -0.125. The van der Waals surface area contributed by atoms with E-state index in [2.05, 4.69) is 43.5 Å². The van der Waals surface area contributed by atoms with E-state index in [1.807, 2.05) is 0 Å². The van der Waals surface area contributed by atoms with Gasteiger partial charge in [-0.1, -0.05) is 147 Å². The highest BCUT2D eigenvalue weighted by molar-refractivity contribution is 7.47. The van der Waals surface area contributed by atoms with E-state index >= 15 is 0 Å². The Morgan fingerprint density at radius 2 is 1.19 bits per heavy atom. The molecule has 0 aromatic heterocycles. The second-order valence-corrected chi connectivity index (χ2v) is 14.5. The summed E-state index contributed by atoms with van der Waals surface area (Å²) in [5.74, 6) is -0.422. The van der Waals surface area contributed by atoms with Crippen LogP contribution in [0, 0.1) is 0 Å². The summed E-state index contributed by atoms with van der Waals surface area (Å²) in [6.45, 7) is 3.95. The number of aliphatic hydroxyl groups is 2. The summed E-state index contributed by atoms with van der Waals surface area (Å²) in [7, 11) is -4.36. The van der Waals surface area contributed by atoms with Crippen LogP contribution < -0.4 is 11.1 Å². The molecule has 0 spiro atoms. The van der Waals surface area contributed by atoms with E-state index in [0.29, 0.717) is 12.8 Å². The van der Waals surface area contributed by atoms with Crippen molar-refractivity contribution in [2.45, 2.75) is 186 Å². The van der Waals surface area contributed by atoms with Crippen LogP contribution in [0.2, 0.25) is 0 Å². The Labute approximate surface area is 288 Å². The van der Waals surface area contributed by atoms with Gasteiger partial charge >= 0.3 is 7.82 Å². The highest BCUT2D eigenvalue weighted by Gasteiger charge is 2.28. The van der Waals surface area contributed by atoms with Crippen molar-refractivity contribution < 1.29 is 33.5 Å². The van der Waals surface area contributed by atoms with Crippen LogP contribution in [0.1, 0.15) is 168 Å². The van der Waals surface area contributed by atoms with Crippen molar-refractivity contribution in [2.24, 2.45) is 5.73 Å². The number of aliphatic hydroxyl groups excluding tert-OH is 2. The van der Waals surface area contributed by atoms with Crippen LogP contribution in [0.15, 0.2) is 24.3 Å². The number of carbonyl (C=O) groups excluding carboxylic acids is 1. The molecular weight excluding hydrogens is 615 g/mol. The standard InChI is InChI=1S/C37H73N2O7P/c1-3-5-7-9-11-13-14-15-16-17-18-19-20-21-22-24-26-28-34(40)32-37(42)39-35(33-46-47(43,44)45-31-30-38)36(41)29-27-25-23-12-10-8-6-4-2/h11,13-15,34-36,40-41H,3-10,12,16-33,38H2,1-2H3,(H,39,42)(H,43,44)/b13-11-,15-14-. The lowest BCUT2D eigenvalue weighted by atomic mass is 10.0. The van der Waals surface area contributed by atoms with Gasteiger partial charge in [-0.15, -0.1) is 0 Å². The van der Waals surface area contributed by atoms with Gasteiger partial charge in [0.05, 0.1) is 37.9 Å². The molecule has 1 amide bonds. The van der Waals surface area contributed by atoms with E-state index in [1.54, 1.807) is 0 Å². The zero-order valence-corrected chi connectivity index (χ0v) is 31.0. The lowest BCUT2D eigenvalue weighted by Crippen LogP contribution is -2.47. The minimum absolute atomic E-state index is 0.0583. The monoisotopic (exact) mass is 689 g/mol. The van der Waals surface area contributed by atoms with E-state index in [4.69, 9.17) is 14.8 Å². The number of phosphoric ester groups is 1. The molecule has 0 aromatic carbocycles. The SMILES string of the molecule is CCCCC/C=C\C=C/CCCCCCCCCCC(O)CC(=O)NC(COP(=O)(O)OCCN)C(O)CCCCCCCCCC. The molecule has 6 N–H and O–H groups in total. The van der Waals surface area contributed by atoms with Gasteiger partial charge in [-0.2, -0.15) is 0 Å². The van der Waals surface area contributed by atoms with Gasteiger partial charge in [0.1, 0.15) is 0 Å². The number of nitrogens with two attached hydrogens (primary N) is 1. The number of nitrogens with one attached hydrogen (secondary N) is 1. The number of allylic oxidation sites excluding steroid dienone is 4. The maximum Gasteiger partial charge on any atom is 0.472 e. The molecule has 0 heterocycles. The minimum atomic E-state index is -4.36. The molecule has 0 saturated carbocycles. The fourth-order valence-corrected chi connectivity index (χ4v) is 6.22. The summed E-state index contributed by atoms with van der Waals surface area (Å²) < 4.78 is 22.0. The molecule has 278 valence electrons. The van der Waals surface area contributed by atoms with Crippen LogP contribution in [0.3, 0.4) is 0 Å². The van der Waals surface area contributed by atoms with Gasteiger partial charge in [0, 0.05) is 6.54 Å². The molecule has 0 aliphatic carbocycles. The van der Waals surface area contributed by atoms with Crippen LogP contribution >= 0.6 is 7.82 Å². The van der Waals surface area contributed by atoms with Gasteiger partial charge in [0.15, 0.2) is 0 Å². The number of hydrogen-bond acceptors (Lipinski definition) is 7. The number of carbonyl (C=O) groups is 1. The van der Waals surface area contributed by atoms with Gasteiger partial charge in [0.25, 0.3) is 0 Å². The minimum Gasteiger partial charge on any atom is -0.393 e. The quantitative estimate of drug-likeness (QED) is 0.0252. The zero-order chi connectivity index (χ0) is 34.9. The largest absolute Gasteiger partial charge is 0.472 e. The molecule has 0 rings (SSSR count). The molecule has 0 saturated heterocycles. The molecule has 4 unspecified atom stereocenters. The van der Waals surface area contributed by atoms with Crippen LogP contribution in [-0.2, 0) is 18.4 Å². The fraction of sp³-hybridized carbons (Fsp3) is 0.865. The summed E-state index contributed by atoms with van der Waals surface area (Å²) in [4.78, 5) is 22.6. The Morgan fingerprint density at radius 1 is 0.723 bits per heavy atom. The first-order valence-corrected chi connectivity index (χ1v) is 20.5. The van der Waals surface area contributed by atoms with E-state index in [-0.39, 0.29) is 26.2 Å². The molecule has 4 atom stereocenters. The van der Waals surface area contributed by atoms with Gasteiger partial charge in [0.2, 0.25) is 5.91 Å². The molecule has 0 radical (unpaired) electrons. The normalized spacial score (nSPS) is 15.3. The van der Waals surface area contributed by atoms with Crippen LogP contribution in [-0.4, -0.2) is 59.0 Å². The molecule has 9 nitrogen and oxygen atoms in total. The predicted octanol–water partition coefficient (Wildman–Crippen LogP) is 8.80. The van der Waals surface area contributed by atoms with Gasteiger partial charge in [-0.3, -0.25) is 13.8 Å². The molecule has 10 heteroatoms. The second kappa shape index (κ2) is 33.4. The summed E-state index contributed by atoms with van der Waals surface area (Å²) in [5, 5.41) is 24.0.